The molecular formula is C20H15NO5. The summed E-state index contributed by atoms with van der Waals surface area (Å²) in [4.78, 5) is 38.9. The number of fused-ring (bicyclic) bond motifs is 2. The Balaban J connectivity index is 1.76. The number of methoxy groups -OCH3 is 1. The van der Waals surface area contributed by atoms with Crippen LogP contribution in [0.15, 0.2) is 60.7 Å². The number of imide groups is 1. The molecule has 4 rings (SSSR count). The molecule has 6 nitrogen and oxygen atoms in total. The second-order valence-electron chi connectivity index (χ2n) is 6.08. The van der Waals surface area contributed by atoms with Crippen molar-refractivity contribution in [3.05, 3.63) is 77.4 Å². The van der Waals surface area contributed by atoms with Gasteiger partial charge in [-0.1, -0.05) is 30.3 Å². The Morgan fingerprint density at radius 2 is 1.77 bits per heavy atom. The minimum Gasteiger partial charge on any atom is -0.497 e. The van der Waals surface area contributed by atoms with E-state index < -0.39 is 23.4 Å². The molecule has 0 radical (unpaired) electrons. The maximum Gasteiger partial charge on any atom is 0.332 e. The Morgan fingerprint density at radius 3 is 2.42 bits per heavy atom. The zero-order valence-corrected chi connectivity index (χ0v) is 14.0. The molecule has 6 heteroatoms. The topological polar surface area (TPSA) is 72.9 Å². The van der Waals surface area contributed by atoms with Crippen LogP contribution in [-0.2, 0) is 26.5 Å². The first-order valence-electron chi connectivity index (χ1n) is 8.06. The fourth-order valence-electron chi connectivity index (χ4n) is 3.28. The van der Waals surface area contributed by atoms with Gasteiger partial charge in [-0.2, -0.15) is 0 Å². The van der Waals surface area contributed by atoms with Crippen molar-refractivity contribution in [2.24, 2.45) is 0 Å². The van der Waals surface area contributed by atoms with Gasteiger partial charge in [0.1, 0.15) is 5.75 Å². The predicted octanol–water partition coefficient (Wildman–Crippen LogP) is 2.19. The molecule has 0 aromatic heterocycles. The molecule has 2 aromatic rings. The van der Waals surface area contributed by atoms with Crippen molar-refractivity contribution in [2.75, 3.05) is 7.11 Å². The molecule has 0 saturated heterocycles. The van der Waals surface area contributed by atoms with E-state index in [4.69, 9.17) is 9.47 Å². The summed E-state index contributed by atoms with van der Waals surface area (Å²) in [5.74, 6) is -0.908. The monoisotopic (exact) mass is 349 g/mol. The third-order valence-electron chi connectivity index (χ3n) is 4.58. The molecule has 2 aliphatic rings. The van der Waals surface area contributed by atoms with Crippen molar-refractivity contribution in [1.29, 1.82) is 0 Å². The number of hydrogen-bond donors (Lipinski definition) is 0. The molecule has 130 valence electrons. The van der Waals surface area contributed by atoms with Crippen molar-refractivity contribution >= 4 is 17.8 Å². The van der Waals surface area contributed by atoms with Crippen LogP contribution in [0, 0.1) is 0 Å². The lowest BCUT2D eigenvalue weighted by Crippen LogP contribution is -2.53. The fraction of sp³-hybridized carbons (Fsp3) is 0.150. The quantitative estimate of drug-likeness (QED) is 0.627. The van der Waals surface area contributed by atoms with Gasteiger partial charge in [-0.05, 0) is 29.8 Å². The average Bonchev–Trinajstić information content (AvgIpc) is 3.07. The van der Waals surface area contributed by atoms with Gasteiger partial charge < -0.3 is 9.47 Å². The van der Waals surface area contributed by atoms with Gasteiger partial charge >= 0.3 is 5.97 Å². The predicted molar refractivity (Wildman–Crippen MR) is 91.2 cm³/mol. The van der Waals surface area contributed by atoms with Crippen LogP contribution in [0.1, 0.15) is 21.5 Å². The Kier molecular flexibility index (Phi) is 3.61. The van der Waals surface area contributed by atoms with Crippen LogP contribution < -0.4 is 4.74 Å². The number of ether oxygens (including phenoxy) is 2. The summed E-state index contributed by atoms with van der Waals surface area (Å²) < 4.78 is 10.5. The van der Waals surface area contributed by atoms with E-state index in [1.54, 1.807) is 55.6 Å². The van der Waals surface area contributed by atoms with E-state index in [9.17, 15) is 14.4 Å². The molecule has 26 heavy (non-hydrogen) atoms. The zero-order chi connectivity index (χ0) is 18.3. The average molecular weight is 349 g/mol. The summed E-state index contributed by atoms with van der Waals surface area (Å²) in [7, 11) is 1.56. The highest BCUT2D eigenvalue weighted by Gasteiger charge is 2.54. The van der Waals surface area contributed by atoms with Crippen LogP contribution in [0.2, 0.25) is 0 Å². The molecular weight excluding hydrogens is 334 g/mol. The number of benzene rings is 2. The first kappa shape index (κ1) is 16.1. The maximum atomic E-state index is 13.1. The zero-order valence-electron chi connectivity index (χ0n) is 14.0. The van der Waals surface area contributed by atoms with Crippen molar-refractivity contribution < 1.29 is 23.9 Å². The van der Waals surface area contributed by atoms with Crippen molar-refractivity contribution in [1.82, 2.24) is 4.90 Å². The first-order valence-corrected chi connectivity index (χ1v) is 8.06. The number of amides is 2. The molecule has 0 bridgehead atoms. The highest BCUT2D eigenvalue weighted by molar-refractivity contribution is 6.14. The number of esters is 1. The van der Waals surface area contributed by atoms with Gasteiger partial charge in [0.25, 0.3) is 11.8 Å². The summed E-state index contributed by atoms with van der Waals surface area (Å²) in [6.45, 7) is 0.0726. The van der Waals surface area contributed by atoms with Crippen LogP contribution in [-0.4, -0.2) is 29.8 Å². The molecule has 0 fully saturated rings. The van der Waals surface area contributed by atoms with Crippen LogP contribution >= 0.6 is 0 Å². The lowest BCUT2D eigenvalue weighted by atomic mass is 9.84. The number of nitrogens with zero attached hydrogens (tertiary/aromatic N) is 1. The van der Waals surface area contributed by atoms with Gasteiger partial charge in [0, 0.05) is 17.2 Å². The standard InChI is InChI=1S/C20H15NO5/c1-25-14-8-6-13(7-9-14)12-21-18(23)15-4-2-3-5-16(15)20(19(21)24)11-10-17(22)26-20/h2-11H,12H2,1H3. The van der Waals surface area contributed by atoms with Gasteiger partial charge in [0.15, 0.2) is 0 Å². The first-order chi connectivity index (χ1) is 12.5. The molecule has 0 aliphatic carbocycles. The van der Waals surface area contributed by atoms with Gasteiger partial charge in [0.2, 0.25) is 5.60 Å². The van der Waals surface area contributed by atoms with Gasteiger partial charge in [-0.25, -0.2) is 4.79 Å². The molecule has 0 N–H and O–H groups in total. The minimum absolute atomic E-state index is 0.0726. The second kappa shape index (κ2) is 5.84. The Bertz CT molecular complexity index is 947. The second-order valence-corrected chi connectivity index (χ2v) is 6.08. The summed E-state index contributed by atoms with van der Waals surface area (Å²) in [5, 5.41) is 0. The number of rotatable bonds is 3. The Hall–Kier alpha value is -3.41. The van der Waals surface area contributed by atoms with Crippen molar-refractivity contribution in [3.8, 4) is 5.75 Å². The molecule has 1 atom stereocenters. The summed E-state index contributed by atoms with van der Waals surface area (Å²) >= 11 is 0. The number of carbonyl (C=O) groups is 3. The number of hydrogen-bond acceptors (Lipinski definition) is 5. The smallest absolute Gasteiger partial charge is 0.332 e. The van der Waals surface area contributed by atoms with Crippen LogP contribution in [0.4, 0.5) is 0 Å². The Morgan fingerprint density at radius 1 is 1.04 bits per heavy atom. The number of carbonyl (C=O) groups excluding carboxylic acids is 3. The molecule has 1 spiro atoms. The van der Waals surface area contributed by atoms with E-state index in [0.717, 1.165) is 10.5 Å². The van der Waals surface area contributed by atoms with E-state index in [2.05, 4.69) is 0 Å². The fourth-order valence-corrected chi connectivity index (χ4v) is 3.28. The molecule has 2 heterocycles. The molecule has 2 aromatic carbocycles. The van der Waals surface area contributed by atoms with Crippen molar-refractivity contribution in [2.45, 2.75) is 12.1 Å². The third kappa shape index (κ3) is 2.30. The normalized spacial score (nSPS) is 21.1. The molecule has 2 amide bonds. The van der Waals surface area contributed by atoms with Crippen LogP contribution in [0.3, 0.4) is 0 Å². The summed E-state index contributed by atoms with van der Waals surface area (Å²) in [6.07, 6.45) is 2.64. The summed E-state index contributed by atoms with van der Waals surface area (Å²) in [5.41, 5.74) is -0.0768. The maximum absolute atomic E-state index is 13.1. The van der Waals surface area contributed by atoms with E-state index in [-0.39, 0.29) is 6.54 Å². The largest absolute Gasteiger partial charge is 0.497 e. The van der Waals surface area contributed by atoms with Gasteiger partial charge in [-0.3, -0.25) is 14.5 Å². The highest BCUT2D eigenvalue weighted by Crippen LogP contribution is 2.40. The molecule has 2 aliphatic heterocycles. The van der Waals surface area contributed by atoms with Crippen LogP contribution in [0.25, 0.3) is 0 Å². The minimum atomic E-state index is -1.58. The SMILES string of the molecule is COc1ccc(CN2C(=O)c3ccccc3C3(C=CC(=O)O3)C2=O)cc1. The highest BCUT2D eigenvalue weighted by atomic mass is 16.6. The van der Waals surface area contributed by atoms with E-state index in [0.29, 0.717) is 16.9 Å². The van der Waals surface area contributed by atoms with Gasteiger partial charge in [0.05, 0.1) is 13.7 Å². The van der Waals surface area contributed by atoms with Crippen LogP contribution in [0.5, 0.6) is 5.75 Å². The Labute approximate surface area is 149 Å². The van der Waals surface area contributed by atoms with E-state index in [1.165, 1.54) is 12.2 Å². The molecule has 0 saturated carbocycles. The lowest BCUT2D eigenvalue weighted by Gasteiger charge is -2.37. The lowest BCUT2D eigenvalue weighted by molar-refractivity contribution is -0.162. The third-order valence-corrected chi connectivity index (χ3v) is 4.58. The molecule has 1 unspecified atom stereocenters. The van der Waals surface area contributed by atoms with Gasteiger partial charge in [-0.15, -0.1) is 0 Å². The summed E-state index contributed by atoms with van der Waals surface area (Å²) in [6, 6.07) is 13.8. The van der Waals surface area contributed by atoms with E-state index >= 15 is 0 Å². The van der Waals surface area contributed by atoms with E-state index in [1.807, 2.05) is 0 Å². The van der Waals surface area contributed by atoms with Crippen molar-refractivity contribution in [3.63, 3.8) is 0 Å².